The number of Topliss-reactive ketones (excluding diaryl/α,β-unsaturated/α-hetero) is 1. The van der Waals surface area contributed by atoms with Gasteiger partial charge in [0.15, 0.2) is 0 Å². The molecule has 0 amide bonds. The second-order valence-corrected chi connectivity index (χ2v) is 5.88. The van der Waals surface area contributed by atoms with Crippen molar-refractivity contribution in [2.75, 3.05) is 0 Å². The van der Waals surface area contributed by atoms with Crippen molar-refractivity contribution in [1.82, 2.24) is 9.97 Å². The molecule has 122 valence electrons. The van der Waals surface area contributed by atoms with Crippen LogP contribution in [-0.2, 0) is 11.2 Å². The number of hydrogen-bond donors (Lipinski definition) is 1. The highest BCUT2D eigenvalue weighted by molar-refractivity contribution is 5.79. The Morgan fingerprint density at radius 3 is 2.21 bits per heavy atom. The Labute approximate surface area is 142 Å². The predicted octanol–water partition coefficient (Wildman–Crippen LogP) is 5.05. The molecule has 0 spiro atoms. The van der Waals surface area contributed by atoms with Crippen molar-refractivity contribution in [1.29, 1.82) is 0 Å². The van der Waals surface area contributed by atoms with Gasteiger partial charge in [-0.05, 0) is 6.42 Å². The first kappa shape index (κ1) is 16.2. The number of rotatable bonds is 7. The number of imidazole rings is 1. The van der Waals surface area contributed by atoms with Crippen LogP contribution in [0.3, 0.4) is 0 Å². The van der Waals surface area contributed by atoms with Crippen LogP contribution >= 0.6 is 0 Å². The minimum absolute atomic E-state index is 0.313. The fourth-order valence-electron chi connectivity index (χ4n) is 2.79. The molecule has 0 atom stereocenters. The highest BCUT2D eigenvalue weighted by Crippen LogP contribution is 2.30. The summed E-state index contributed by atoms with van der Waals surface area (Å²) < 4.78 is 0. The topological polar surface area (TPSA) is 45.8 Å². The number of nitrogens with zero attached hydrogens (tertiary/aromatic N) is 1. The molecule has 0 aliphatic carbocycles. The summed E-state index contributed by atoms with van der Waals surface area (Å²) in [6.07, 6.45) is 2.86. The lowest BCUT2D eigenvalue weighted by molar-refractivity contribution is -0.118. The monoisotopic (exact) mass is 318 g/mol. The maximum absolute atomic E-state index is 11.5. The quantitative estimate of drug-likeness (QED) is 0.663. The summed E-state index contributed by atoms with van der Waals surface area (Å²) >= 11 is 0. The molecule has 2 aromatic carbocycles. The van der Waals surface area contributed by atoms with Gasteiger partial charge in [-0.25, -0.2) is 4.98 Å². The molecule has 24 heavy (non-hydrogen) atoms. The third kappa shape index (κ3) is 3.80. The molecular formula is C21H22N2O. The number of aromatic amines is 1. The van der Waals surface area contributed by atoms with E-state index in [9.17, 15) is 4.79 Å². The van der Waals surface area contributed by atoms with Crippen molar-refractivity contribution in [2.45, 2.75) is 32.6 Å². The average Bonchev–Trinajstić information content (AvgIpc) is 3.07. The van der Waals surface area contributed by atoms with Crippen LogP contribution in [0.15, 0.2) is 60.7 Å². The molecule has 0 aliphatic rings. The van der Waals surface area contributed by atoms with Gasteiger partial charge >= 0.3 is 0 Å². The summed E-state index contributed by atoms with van der Waals surface area (Å²) in [5, 5.41) is 0. The van der Waals surface area contributed by atoms with Crippen LogP contribution in [0.5, 0.6) is 0 Å². The second-order valence-electron chi connectivity index (χ2n) is 5.88. The smallest absolute Gasteiger partial charge is 0.132 e. The lowest BCUT2D eigenvalue weighted by Crippen LogP contribution is -1.97. The van der Waals surface area contributed by atoms with Gasteiger partial charge in [0, 0.05) is 30.4 Å². The first-order valence-electron chi connectivity index (χ1n) is 8.49. The van der Waals surface area contributed by atoms with Crippen LogP contribution in [-0.4, -0.2) is 15.8 Å². The Kier molecular flexibility index (Phi) is 5.22. The van der Waals surface area contributed by atoms with Crippen LogP contribution in [0.25, 0.3) is 22.5 Å². The molecule has 0 fully saturated rings. The molecule has 3 heteroatoms. The number of carbonyl (C=O) groups is 1. The number of hydrogen-bond acceptors (Lipinski definition) is 2. The molecular weight excluding hydrogens is 296 g/mol. The van der Waals surface area contributed by atoms with Gasteiger partial charge in [0.1, 0.15) is 11.6 Å². The molecule has 0 aliphatic heterocycles. The van der Waals surface area contributed by atoms with Gasteiger partial charge in [0.25, 0.3) is 0 Å². The normalized spacial score (nSPS) is 10.7. The van der Waals surface area contributed by atoms with Gasteiger partial charge in [-0.1, -0.05) is 67.6 Å². The van der Waals surface area contributed by atoms with Gasteiger partial charge in [0.05, 0.1) is 11.4 Å². The van der Waals surface area contributed by atoms with Crippen molar-refractivity contribution in [3.8, 4) is 22.5 Å². The third-order valence-electron chi connectivity index (χ3n) is 4.13. The van der Waals surface area contributed by atoms with Gasteiger partial charge in [-0.15, -0.1) is 0 Å². The molecule has 1 aromatic heterocycles. The van der Waals surface area contributed by atoms with E-state index in [0.29, 0.717) is 18.6 Å². The summed E-state index contributed by atoms with van der Waals surface area (Å²) in [4.78, 5) is 19.8. The summed E-state index contributed by atoms with van der Waals surface area (Å²) in [7, 11) is 0. The van der Waals surface area contributed by atoms with Crippen molar-refractivity contribution < 1.29 is 4.79 Å². The van der Waals surface area contributed by atoms with Crippen LogP contribution < -0.4 is 0 Å². The van der Waals surface area contributed by atoms with E-state index in [1.807, 2.05) is 43.3 Å². The zero-order valence-corrected chi connectivity index (χ0v) is 14.0. The van der Waals surface area contributed by atoms with Gasteiger partial charge < -0.3 is 4.98 Å². The number of H-pyrrole nitrogens is 1. The number of ketones is 1. The fourth-order valence-corrected chi connectivity index (χ4v) is 2.79. The molecule has 3 rings (SSSR count). The molecule has 0 saturated carbocycles. The zero-order chi connectivity index (χ0) is 16.8. The van der Waals surface area contributed by atoms with E-state index >= 15 is 0 Å². The van der Waals surface area contributed by atoms with E-state index in [0.717, 1.165) is 41.2 Å². The Morgan fingerprint density at radius 2 is 1.58 bits per heavy atom. The van der Waals surface area contributed by atoms with E-state index in [4.69, 9.17) is 4.98 Å². The summed E-state index contributed by atoms with van der Waals surface area (Å²) in [6.45, 7) is 1.91. The van der Waals surface area contributed by atoms with E-state index in [2.05, 4.69) is 29.2 Å². The first-order valence-corrected chi connectivity index (χ1v) is 8.49. The maximum Gasteiger partial charge on any atom is 0.132 e. The summed E-state index contributed by atoms with van der Waals surface area (Å²) in [6, 6.07) is 20.5. The second kappa shape index (κ2) is 7.73. The Balaban J connectivity index is 1.90. The highest BCUT2D eigenvalue weighted by Gasteiger charge is 2.13. The van der Waals surface area contributed by atoms with Gasteiger partial charge in [-0.2, -0.15) is 0 Å². The minimum Gasteiger partial charge on any atom is -0.341 e. The largest absolute Gasteiger partial charge is 0.341 e. The summed E-state index contributed by atoms with van der Waals surface area (Å²) in [5.41, 5.74) is 4.24. The first-order chi connectivity index (χ1) is 11.8. The number of aryl methyl sites for hydroxylation is 1. The van der Waals surface area contributed by atoms with E-state index < -0.39 is 0 Å². The fraction of sp³-hybridized carbons (Fsp3) is 0.238. The van der Waals surface area contributed by atoms with Gasteiger partial charge in [0.2, 0.25) is 0 Å². The molecule has 0 bridgehead atoms. The number of carbonyl (C=O) groups excluding carboxylic acids is 1. The molecule has 1 N–H and O–H groups in total. The minimum atomic E-state index is 0.313. The molecule has 0 unspecified atom stereocenters. The molecule has 1 heterocycles. The molecule has 3 nitrogen and oxygen atoms in total. The van der Waals surface area contributed by atoms with Crippen LogP contribution in [0.2, 0.25) is 0 Å². The maximum atomic E-state index is 11.5. The highest BCUT2D eigenvalue weighted by atomic mass is 16.1. The predicted molar refractivity (Wildman–Crippen MR) is 97.7 cm³/mol. The van der Waals surface area contributed by atoms with Crippen molar-refractivity contribution in [3.05, 3.63) is 66.5 Å². The van der Waals surface area contributed by atoms with Crippen LogP contribution in [0.1, 0.15) is 32.0 Å². The van der Waals surface area contributed by atoms with Crippen molar-refractivity contribution >= 4 is 5.78 Å². The number of nitrogens with one attached hydrogen (secondary N) is 1. The van der Waals surface area contributed by atoms with E-state index in [-0.39, 0.29) is 0 Å². The standard InChI is InChI=1S/C21H22N2O/c1-2-18(24)14-9-15-19-22-20(16-10-5-3-6-11-16)21(23-19)17-12-7-4-8-13-17/h3-8,10-13H,2,9,14-15H2,1H3,(H,22,23). The van der Waals surface area contributed by atoms with Crippen molar-refractivity contribution in [2.24, 2.45) is 0 Å². The zero-order valence-electron chi connectivity index (χ0n) is 14.0. The van der Waals surface area contributed by atoms with E-state index in [1.54, 1.807) is 0 Å². The van der Waals surface area contributed by atoms with Gasteiger partial charge in [-0.3, -0.25) is 4.79 Å². The van der Waals surface area contributed by atoms with Crippen LogP contribution in [0.4, 0.5) is 0 Å². The van der Waals surface area contributed by atoms with Crippen LogP contribution in [0, 0.1) is 0 Å². The summed E-state index contributed by atoms with van der Waals surface area (Å²) in [5.74, 6) is 1.25. The molecule has 0 radical (unpaired) electrons. The Morgan fingerprint density at radius 1 is 0.958 bits per heavy atom. The lowest BCUT2D eigenvalue weighted by atomic mass is 10.1. The Hall–Kier alpha value is -2.68. The van der Waals surface area contributed by atoms with Crippen molar-refractivity contribution in [3.63, 3.8) is 0 Å². The third-order valence-corrected chi connectivity index (χ3v) is 4.13. The number of aromatic nitrogens is 2. The molecule has 0 saturated heterocycles. The van der Waals surface area contributed by atoms with E-state index in [1.165, 1.54) is 0 Å². The molecule has 3 aromatic rings. The number of benzene rings is 2. The average molecular weight is 318 g/mol. The lowest BCUT2D eigenvalue weighted by Gasteiger charge is -2.02. The SMILES string of the molecule is CCC(=O)CCCc1nc(-c2ccccc2)c(-c2ccccc2)[nH]1. The Bertz CT molecular complexity index is 734.